The number of methoxy groups -OCH3 is 1. The monoisotopic (exact) mass is 188 g/mol. The van der Waals surface area contributed by atoms with Gasteiger partial charge in [-0.2, -0.15) is 0 Å². The molecule has 0 bridgehead atoms. The molecule has 0 aromatic rings. The van der Waals surface area contributed by atoms with E-state index in [0.717, 1.165) is 0 Å². The Bertz CT molecular complexity index is 189. The largest absolute Gasteiger partial charge is 0.479 e. The molecule has 13 heavy (non-hydrogen) atoms. The molecule has 78 valence electrons. The van der Waals surface area contributed by atoms with Crippen LogP contribution in [0.5, 0.6) is 0 Å². The van der Waals surface area contributed by atoms with Gasteiger partial charge in [-0.25, -0.2) is 4.79 Å². The SMILES string of the molecule is COC(C(=O)O)C(C)(C)C(C)(C)C. The summed E-state index contributed by atoms with van der Waals surface area (Å²) in [5.41, 5.74) is -0.500. The van der Waals surface area contributed by atoms with Crippen LogP contribution >= 0.6 is 0 Å². The molecule has 0 saturated heterocycles. The van der Waals surface area contributed by atoms with Gasteiger partial charge in [0.15, 0.2) is 6.10 Å². The van der Waals surface area contributed by atoms with Crippen molar-refractivity contribution in [2.24, 2.45) is 10.8 Å². The Morgan fingerprint density at radius 2 is 1.62 bits per heavy atom. The van der Waals surface area contributed by atoms with E-state index in [4.69, 9.17) is 9.84 Å². The lowest BCUT2D eigenvalue weighted by Crippen LogP contribution is -2.46. The van der Waals surface area contributed by atoms with Gasteiger partial charge in [0.1, 0.15) is 0 Å². The van der Waals surface area contributed by atoms with Crippen molar-refractivity contribution in [1.29, 1.82) is 0 Å². The molecule has 0 saturated carbocycles. The molecule has 1 N–H and O–H groups in total. The lowest BCUT2D eigenvalue weighted by atomic mass is 9.66. The molecule has 0 fully saturated rings. The number of carbonyl (C=O) groups is 1. The molecular formula is C10H20O3. The Labute approximate surface area is 80.1 Å². The number of carboxylic acid groups (broad SMARTS) is 1. The molecule has 0 rings (SSSR count). The fraction of sp³-hybridized carbons (Fsp3) is 0.900. The molecule has 0 aromatic carbocycles. The van der Waals surface area contributed by atoms with E-state index in [9.17, 15) is 4.79 Å². The van der Waals surface area contributed by atoms with Crippen molar-refractivity contribution in [3.8, 4) is 0 Å². The lowest BCUT2D eigenvalue weighted by Gasteiger charge is -2.42. The van der Waals surface area contributed by atoms with Gasteiger partial charge in [-0.3, -0.25) is 0 Å². The summed E-state index contributed by atoms with van der Waals surface area (Å²) < 4.78 is 5.00. The summed E-state index contributed by atoms with van der Waals surface area (Å²) in [5, 5.41) is 8.95. The molecule has 0 radical (unpaired) electrons. The van der Waals surface area contributed by atoms with Crippen LogP contribution in [0.1, 0.15) is 34.6 Å². The topological polar surface area (TPSA) is 46.5 Å². The van der Waals surface area contributed by atoms with Gasteiger partial charge in [-0.15, -0.1) is 0 Å². The van der Waals surface area contributed by atoms with Crippen LogP contribution in [0.2, 0.25) is 0 Å². The molecule has 1 atom stereocenters. The number of hydrogen-bond acceptors (Lipinski definition) is 2. The Morgan fingerprint density at radius 1 is 1.23 bits per heavy atom. The molecule has 0 spiro atoms. The second kappa shape index (κ2) is 3.66. The molecule has 3 nitrogen and oxygen atoms in total. The second-order valence-corrected chi connectivity index (χ2v) is 4.93. The van der Waals surface area contributed by atoms with Crippen molar-refractivity contribution in [2.75, 3.05) is 7.11 Å². The first-order chi connectivity index (χ1) is 5.64. The quantitative estimate of drug-likeness (QED) is 0.738. The average Bonchev–Trinajstić information content (AvgIpc) is 1.83. The van der Waals surface area contributed by atoms with Crippen LogP contribution in [0, 0.1) is 10.8 Å². The van der Waals surface area contributed by atoms with E-state index in [1.807, 2.05) is 34.6 Å². The predicted octanol–water partition coefficient (Wildman–Crippen LogP) is 2.16. The zero-order valence-corrected chi connectivity index (χ0v) is 9.34. The van der Waals surface area contributed by atoms with Crippen LogP contribution in [-0.2, 0) is 9.53 Å². The standard InChI is InChI=1S/C10H20O3/c1-9(2,3)10(4,5)7(13-6)8(11)12/h7H,1-6H3,(H,11,12). The molecule has 0 aliphatic heterocycles. The van der Waals surface area contributed by atoms with E-state index in [1.165, 1.54) is 7.11 Å². The van der Waals surface area contributed by atoms with E-state index in [-0.39, 0.29) is 5.41 Å². The normalized spacial score (nSPS) is 15.5. The van der Waals surface area contributed by atoms with Crippen LogP contribution in [0.25, 0.3) is 0 Å². The fourth-order valence-corrected chi connectivity index (χ4v) is 1.10. The first-order valence-corrected chi connectivity index (χ1v) is 4.40. The molecule has 0 amide bonds. The van der Waals surface area contributed by atoms with Crippen molar-refractivity contribution in [1.82, 2.24) is 0 Å². The number of ether oxygens (including phenoxy) is 1. The van der Waals surface area contributed by atoms with Gasteiger partial charge in [0, 0.05) is 12.5 Å². The van der Waals surface area contributed by atoms with Gasteiger partial charge in [-0.05, 0) is 5.41 Å². The van der Waals surface area contributed by atoms with Crippen LogP contribution in [0.15, 0.2) is 0 Å². The van der Waals surface area contributed by atoms with Crippen molar-refractivity contribution < 1.29 is 14.6 Å². The highest BCUT2D eigenvalue weighted by Gasteiger charge is 2.44. The van der Waals surface area contributed by atoms with Gasteiger partial charge in [0.05, 0.1) is 0 Å². The Kier molecular flexibility index (Phi) is 3.50. The summed E-state index contributed by atoms with van der Waals surface area (Å²) in [6.45, 7) is 9.87. The summed E-state index contributed by atoms with van der Waals surface area (Å²) >= 11 is 0. The number of aliphatic carboxylic acids is 1. The number of hydrogen-bond donors (Lipinski definition) is 1. The molecule has 0 aliphatic carbocycles. The Balaban J connectivity index is 4.89. The van der Waals surface area contributed by atoms with Gasteiger partial charge >= 0.3 is 5.97 Å². The Morgan fingerprint density at radius 3 is 1.69 bits per heavy atom. The van der Waals surface area contributed by atoms with Crippen molar-refractivity contribution in [3.63, 3.8) is 0 Å². The molecule has 0 heterocycles. The zero-order valence-electron chi connectivity index (χ0n) is 9.34. The Hall–Kier alpha value is -0.570. The van der Waals surface area contributed by atoms with Gasteiger partial charge < -0.3 is 9.84 Å². The van der Waals surface area contributed by atoms with Crippen molar-refractivity contribution in [3.05, 3.63) is 0 Å². The highest BCUT2D eigenvalue weighted by Crippen LogP contribution is 2.41. The van der Waals surface area contributed by atoms with Crippen molar-refractivity contribution >= 4 is 5.97 Å². The fourth-order valence-electron chi connectivity index (χ4n) is 1.10. The van der Waals surface area contributed by atoms with E-state index >= 15 is 0 Å². The van der Waals surface area contributed by atoms with Gasteiger partial charge in [0.25, 0.3) is 0 Å². The molecule has 1 unspecified atom stereocenters. The maximum atomic E-state index is 10.9. The molecule has 0 aromatic heterocycles. The highest BCUT2D eigenvalue weighted by molar-refractivity contribution is 5.73. The summed E-state index contributed by atoms with van der Waals surface area (Å²) in [4.78, 5) is 10.9. The smallest absolute Gasteiger partial charge is 0.333 e. The minimum absolute atomic E-state index is 0.105. The van der Waals surface area contributed by atoms with Gasteiger partial charge in [0.2, 0.25) is 0 Å². The second-order valence-electron chi connectivity index (χ2n) is 4.93. The third-order valence-corrected chi connectivity index (χ3v) is 3.05. The summed E-state index contributed by atoms with van der Waals surface area (Å²) in [5.74, 6) is -0.901. The van der Waals surface area contributed by atoms with Crippen LogP contribution < -0.4 is 0 Å². The van der Waals surface area contributed by atoms with E-state index in [2.05, 4.69) is 0 Å². The van der Waals surface area contributed by atoms with Gasteiger partial charge in [-0.1, -0.05) is 34.6 Å². The number of rotatable bonds is 3. The minimum Gasteiger partial charge on any atom is -0.479 e. The minimum atomic E-state index is -0.901. The third-order valence-electron chi connectivity index (χ3n) is 3.05. The third kappa shape index (κ3) is 2.44. The molecule has 0 aliphatic rings. The van der Waals surface area contributed by atoms with E-state index in [0.29, 0.717) is 0 Å². The van der Waals surface area contributed by atoms with Crippen LogP contribution in [0.3, 0.4) is 0 Å². The average molecular weight is 188 g/mol. The predicted molar refractivity (Wildman–Crippen MR) is 51.7 cm³/mol. The van der Waals surface area contributed by atoms with Crippen molar-refractivity contribution in [2.45, 2.75) is 40.7 Å². The highest BCUT2D eigenvalue weighted by atomic mass is 16.5. The molecule has 3 heteroatoms. The summed E-state index contributed by atoms with van der Waals surface area (Å²) in [6.07, 6.45) is -0.757. The lowest BCUT2D eigenvalue weighted by molar-refractivity contribution is -0.162. The first-order valence-electron chi connectivity index (χ1n) is 4.40. The summed E-state index contributed by atoms with van der Waals surface area (Å²) in [6, 6.07) is 0. The number of carboxylic acids is 1. The zero-order chi connectivity index (χ0) is 10.9. The van der Waals surface area contributed by atoms with E-state index < -0.39 is 17.5 Å². The maximum Gasteiger partial charge on any atom is 0.333 e. The summed E-state index contributed by atoms with van der Waals surface area (Å²) in [7, 11) is 1.44. The molecular weight excluding hydrogens is 168 g/mol. The van der Waals surface area contributed by atoms with Crippen LogP contribution in [-0.4, -0.2) is 24.3 Å². The van der Waals surface area contributed by atoms with Crippen LogP contribution in [0.4, 0.5) is 0 Å². The maximum absolute atomic E-state index is 10.9. The first kappa shape index (κ1) is 12.4. The van der Waals surface area contributed by atoms with E-state index in [1.54, 1.807) is 0 Å².